The number of aromatic nitrogens is 1. The van der Waals surface area contributed by atoms with Crippen molar-refractivity contribution in [3.63, 3.8) is 0 Å². The fourth-order valence-electron chi connectivity index (χ4n) is 2.85. The van der Waals surface area contributed by atoms with Crippen molar-refractivity contribution in [2.45, 2.75) is 57.3 Å². The summed E-state index contributed by atoms with van der Waals surface area (Å²) in [4.78, 5) is 17.8. The van der Waals surface area contributed by atoms with Crippen LogP contribution in [0.3, 0.4) is 0 Å². The number of primary amides is 1. The van der Waals surface area contributed by atoms with Crippen molar-refractivity contribution in [1.82, 2.24) is 4.98 Å². The van der Waals surface area contributed by atoms with Gasteiger partial charge in [-0.25, -0.2) is 9.78 Å². The first kappa shape index (κ1) is 20.5. The van der Waals surface area contributed by atoms with Gasteiger partial charge in [0.1, 0.15) is 11.4 Å². The van der Waals surface area contributed by atoms with E-state index in [0.29, 0.717) is 38.4 Å². The van der Waals surface area contributed by atoms with Gasteiger partial charge in [-0.1, -0.05) is 20.8 Å². The Bertz CT molecular complexity index is 638. The Morgan fingerprint density at radius 2 is 1.96 bits per heavy atom. The minimum absolute atomic E-state index is 0.0891. The van der Waals surface area contributed by atoms with Crippen LogP contribution in [0.4, 0.5) is 16.3 Å². The first-order valence-electron chi connectivity index (χ1n) is 9.04. The molecule has 0 atom stereocenters. The average Bonchev–Trinajstić information content (AvgIpc) is 2.53. The summed E-state index contributed by atoms with van der Waals surface area (Å²) in [5.41, 5.74) is 11.6. The van der Waals surface area contributed by atoms with Crippen LogP contribution < -0.4 is 16.4 Å². The molecule has 0 saturated carbocycles. The molecule has 2 heterocycles. The van der Waals surface area contributed by atoms with Crippen LogP contribution in [-0.2, 0) is 9.16 Å². The number of carbonyl (C=O) groups excluding carboxylic acids is 1. The van der Waals surface area contributed by atoms with Gasteiger partial charge in [-0.15, -0.1) is 0 Å². The Morgan fingerprint density at radius 3 is 2.46 bits per heavy atom. The third-order valence-corrected chi connectivity index (χ3v) is 10.1. The zero-order valence-corrected chi connectivity index (χ0v) is 17.5. The number of hydrogen-bond acceptors (Lipinski definition) is 6. The summed E-state index contributed by atoms with van der Waals surface area (Å²) in [6.45, 7) is 12.7. The summed E-state index contributed by atoms with van der Waals surface area (Å²) in [6, 6.07) is 3.82. The molecule has 26 heavy (non-hydrogen) atoms. The standard InChI is InChI=1S/C18H32N4O3Si/c1-17(2,3)26(4,5)24-13-18(25-16(20)23)8-11-22(12-9-18)14-7-6-10-21-15(14)19/h6-7,10H,8-9,11-13H2,1-5H3,(H2,19,21)(H2,20,23). The highest BCUT2D eigenvalue weighted by atomic mass is 28.4. The van der Waals surface area contributed by atoms with Crippen LogP contribution in [0.15, 0.2) is 18.3 Å². The Morgan fingerprint density at radius 1 is 1.35 bits per heavy atom. The topological polar surface area (TPSA) is 104 Å². The Hall–Kier alpha value is -1.80. The van der Waals surface area contributed by atoms with E-state index in [0.717, 1.165) is 5.69 Å². The smallest absolute Gasteiger partial charge is 0.405 e. The normalized spacial score (nSPS) is 17.8. The Labute approximate surface area is 157 Å². The van der Waals surface area contributed by atoms with Gasteiger partial charge in [0.2, 0.25) is 0 Å². The number of piperidine rings is 1. The molecule has 146 valence electrons. The van der Waals surface area contributed by atoms with Crippen LogP contribution in [0, 0.1) is 0 Å². The molecule has 1 fully saturated rings. The molecule has 8 heteroatoms. The number of ether oxygens (including phenoxy) is 1. The van der Waals surface area contributed by atoms with Gasteiger partial charge in [0.15, 0.2) is 8.32 Å². The van der Waals surface area contributed by atoms with E-state index in [2.05, 4.69) is 43.7 Å². The van der Waals surface area contributed by atoms with E-state index in [4.69, 9.17) is 20.6 Å². The fourth-order valence-corrected chi connectivity index (χ4v) is 3.91. The van der Waals surface area contributed by atoms with Gasteiger partial charge < -0.3 is 25.5 Å². The lowest BCUT2D eigenvalue weighted by Crippen LogP contribution is -2.53. The van der Waals surface area contributed by atoms with E-state index in [9.17, 15) is 4.79 Å². The van der Waals surface area contributed by atoms with E-state index < -0.39 is 20.0 Å². The van der Waals surface area contributed by atoms with E-state index >= 15 is 0 Å². The summed E-state index contributed by atoms with van der Waals surface area (Å²) in [7, 11) is -1.95. The van der Waals surface area contributed by atoms with Crippen molar-refractivity contribution in [2.24, 2.45) is 5.73 Å². The maximum absolute atomic E-state index is 11.5. The Kier molecular flexibility index (Phi) is 5.87. The SMILES string of the molecule is CC(C)(C)[Si](C)(C)OCC1(OC(N)=O)CCN(c2cccnc2N)CC1. The minimum atomic E-state index is -1.95. The van der Waals surface area contributed by atoms with Gasteiger partial charge in [-0.3, -0.25) is 0 Å². The number of carbonyl (C=O) groups is 1. The van der Waals surface area contributed by atoms with Crippen molar-refractivity contribution in [3.05, 3.63) is 18.3 Å². The Balaban J connectivity index is 2.10. The van der Waals surface area contributed by atoms with E-state index in [1.54, 1.807) is 6.20 Å². The number of amides is 1. The van der Waals surface area contributed by atoms with Gasteiger partial charge in [-0.05, 0) is 30.3 Å². The molecule has 0 aliphatic carbocycles. The van der Waals surface area contributed by atoms with Gasteiger partial charge in [-0.2, -0.15) is 0 Å². The first-order valence-corrected chi connectivity index (χ1v) is 11.9. The van der Waals surface area contributed by atoms with Crippen molar-refractivity contribution in [3.8, 4) is 0 Å². The molecule has 1 aliphatic rings. The van der Waals surface area contributed by atoms with Crippen LogP contribution in [-0.4, -0.2) is 44.7 Å². The zero-order chi connectivity index (χ0) is 19.6. The van der Waals surface area contributed by atoms with Crippen molar-refractivity contribution >= 4 is 25.9 Å². The average molecular weight is 381 g/mol. The second-order valence-corrected chi connectivity index (χ2v) is 13.4. The molecule has 1 aromatic heterocycles. The number of nitrogen functional groups attached to an aromatic ring is 1. The molecule has 1 aliphatic heterocycles. The molecule has 0 bridgehead atoms. The number of nitrogens with two attached hydrogens (primary N) is 2. The number of pyridine rings is 1. The molecule has 1 saturated heterocycles. The van der Waals surface area contributed by atoms with Crippen LogP contribution in [0.5, 0.6) is 0 Å². The molecule has 0 spiro atoms. The molecule has 1 amide bonds. The largest absolute Gasteiger partial charge is 0.441 e. The van der Waals surface area contributed by atoms with E-state index in [1.807, 2.05) is 12.1 Å². The second kappa shape index (κ2) is 7.44. The van der Waals surface area contributed by atoms with Crippen molar-refractivity contribution in [2.75, 3.05) is 30.3 Å². The van der Waals surface area contributed by atoms with Crippen LogP contribution in [0.2, 0.25) is 18.1 Å². The number of rotatable bonds is 5. The third kappa shape index (κ3) is 4.67. The molecule has 4 N–H and O–H groups in total. The minimum Gasteiger partial charge on any atom is -0.441 e. The van der Waals surface area contributed by atoms with Gasteiger partial charge in [0.25, 0.3) is 0 Å². The van der Waals surface area contributed by atoms with E-state index in [1.165, 1.54) is 0 Å². The molecule has 7 nitrogen and oxygen atoms in total. The lowest BCUT2D eigenvalue weighted by atomic mass is 9.91. The molecule has 0 radical (unpaired) electrons. The maximum Gasteiger partial charge on any atom is 0.405 e. The first-order chi connectivity index (χ1) is 12.0. The van der Waals surface area contributed by atoms with Gasteiger partial charge in [0, 0.05) is 32.1 Å². The molecule has 0 unspecified atom stereocenters. The zero-order valence-electron chi connectivity index (χ0n) is 16.5. The fraction of sp³-hybridized carbons (Fsp3) is 0.667. The van der Waals surface area contributed by atoms with Crippen molar-refractivity contribution < 1.29 is 14.0 Å². The van der Waals surface area contributed by atoms with Gasteiger partial charge in [0.05, 0.1) is 12.3 Å². The highest BCUT2D eigenvalue weighted by molar-refractivity contribution is 6.74. The maximum atomic E-state index is 11.5. The quantitative estimate of drug-likeness (QED) is 0.761. The molecular weight excluding hydrogens is 348 g/mol. The summed E-state index contributed by atoms with van der Waals surface area (Å²) in [5.74, 6) is 0.508. The van der Waals surface area contributed by atoms with Crippen LogP contribution in [0.25, 0.3) is 0 Å². The lowest BCUT2D eigenvalue weighted by molar-refractivity contribution is -0.0383. The molecule has 0 aromatic carbocycles. The number of anilines is 2. The molecular formula is C18H32N4O3Si. The molecule has 1 aromatic rings. The number of nitrogens with zero attached hydrogens (tertiary/aromatic N) is 2. The van der Waals surface area contributed by atoms with Crippen LogP contribution >= 0.6 is 0 Å². The van der Waals surface area contributed by atoms with Gasteiger partial charge >= 0.3 is 6.09 Å². The third-order valence-electron chi connectivity index (χ3n) is 5.65. The summed E-state index contributed by atoms with van der Waals surface area (Å²) < 4.78 is 11.9. The molecule has 2 rings (SSSR count). The number of hydrogen-bond donors (Lipinski definition) is 2. The monoisotopic (exact) mass is 380 g/mol. The van der Waals surface area contributed by atoms with Crippen molar-refractivity contribution in [1.29, 1.82) is 0 Å². The lowest BCUT2D eigenvalue weighted by Gasteiger charge is -2.44. The predicted molar refractivity (Wildman–Crippen MR) is 107 cm³/mol. The summed E-state index contributed by atoms with van der Waals surface area (Å²) >= 11 is 0. The van der Waals surface area contributed by atoms with E-state index in [-0.39, 0.29) is 5.04 Å². The highest BCUT2D eigenvalue weighted by Crippen LogP contribution is 2.39. The second-order valence-electron chi connectivity index (χ2n) is 8.55. The highest BCUT2D eigenvalue weighted by Gasteiger charge is 2.43. The predicted octanol–water partition coefficient (Wildman–Crippen LogP) is 3.12. The summed E-state index contributed by atoms with van der Waals surface area (Å²) in [6.07, 6.45) is 2.20. The van der Waals surface area contributed by atoms with Crippen LogP contribution in [0.1, 0.15) is 33.6 Å². The summed E-state index contributed by atoms with van der Waals surface area (Å²) in [5, 5.41) is 0.0891.